The van der Waals surface area contributed by atoms with Crippen LogP contribution in [0.5, 0.6) is 0 Å². The highest BCUT2D eigenvalue weighted by Gasteiger charge is 2.27. The zero-order valence-electron chi connectivity index (χ0n) is 12.4. The summed E-state index contributed by atoms with van der Waals surface area (Å²) in [5.41, 5.74) is 4.99. The van der Waals surface area contributed by atoms with Crippen LogP contribution in [0.1, 0.15) is 12.8 Å². The lowest BCUT2D eigenvalue weighted by atomic mass is 10.0. The van der Waals surface area contributed by atoms with Gasteiger partial charge >= 0.3 is 0 Å². The van der Waals surface area contributed by atoms with Crippen molar-refractivity contribution in [3.63, 3.8) is 0 Å². The Morgan fingerprint density at radius 3 is 2.74 bits per heavy atom. The van der Waals surface area contributed by atoms with Gasteiger partial charge < -0.3 is 10.2 Å². The average molecular weight is 305 g/mol. The third kappa shape index (κ3) is 2.26. The van der Waals surface area contributed by atoms with E-state index >= 15 is 0 Å². The van der Waals surface area contributed by atoms with Crippen molar-refractivity contribution in [1.82, 2.24) is 0 Å². The smallest absolute Gasteiger partial charge is 0.271 e. The molecule has 5 heteroatoms. The predicted molar refractivity (Wildman–Crippen MR) is 90.7 cm³/mol. The fourth-order valence-electron chi connectivity index (χ4n) is 3.06. The number of anilines is 3. The van der Waals surface area contributed by atoms with Gasteiger partial charge in [0.15, 0.2) is 0 Å². The van der Waals surface area contributed by atoms with Gasteiger partial charge in [-0.15, -0.1) is 0 Å². The molecule has 4 rings (SSSR count). The minimum absolute atomic E-state index is 0.0929. The Morgan fingerprint density at radius 1 is 1.13 bits per heavy atom. The molecule has 5 nitrogen and oxygen atoms in total. The molecular formula is C18H15N3O2. The van der Waals surface area contributed by atoms with E-state index in [-0.39, 0.29) is 10.6 Å². The number of non-ortho nitro benzene ring substituents is 1. The first kappa shape index (κ1) is 13.6. The highest BCUT2D eigenvalue weighted by atomic mass is 16.6. The molecule has 23 heavy (non-hydrogen) atoms. The number of para-hydroxylation sites is 1. The van der Waals surface area contributed by atoms with E-state index < -0.39 is 0 Å². The summed E-state index contributed by atoms with van der Waals surface area (Å²) in [6.45, 7) is 0. The summed E-state index contributed by atoms with van der Waals surface area (Å²) in [6.07, 6.45) is 6.15. The Bertz CT molecular complexity index is 841. The van der Waals surface area contributed by atoms with Crippen LogP contribution in [0.4, 0.5) is 22.7 Å². The van der Waals surface area contributed by atoms with Gasteiger partial charge in [-0.3, -0.25) is 10.1 Å². The molecule has 1 heterocycles. The molecule has 0 saturated heterocycles. The highest BCUT2D eigenvalue weighted by Crippen LogP contribution is 2.44. The largest absolute Gasteiger partial charge is 0.355 e. The summed E-state index contributed by atoms with van der Waals surface area (Å²) >= 11 is 0. The maximum absolute atomic E-state index is 11.2. The Kier molecular flexibility index (Phi) is 3.12. The van der Waals surface area contributed by atoms with Crippen molar-refractivity contribution in [3.8, 4) is 0 Å². The molecule has 2 aromatic carbocycles. The summed E-state index contributed by atoms with van der Waals surface area (Å²) in [7, 11) is 0. The molecule has 2 aliphatic rings. The first-order chi connectivity index (χ1) is 11.2. The van der Waals surface area contributed by atoms with Crippen molar-refractivity contribution in [2.24, 2.45) is 0 Å². The number of nitro benzene ring substituents is 1. The van der Waals surface area contributed by atoms with Crippen molar-refractivity contribution < 1.29 is 4.92 Å². The molecule has 1 aliphatic carbocycles. The van der Waals surface area contributed by atoms with E-state index in [0.29, 0.717) is 0 Å². The maximum atomic E-state index is 11.2. The van der Waals surface area contributed by atoms with E-state index in [1.165, 1.54) is 0 Å². The zero-order chi connectivity index (χ0) is 15.8. The van der Waals surface area contributed by atoms with E-state index in [4.69, 9.17) is 0 Å². The number of hydrogen-bond donors (Lipinski definition) is 1. The first-order valence-corrected chi connectivity index (χ1v) is 7.54. The second-order valence-corrected chi connectivity index (χ2v) is 5.56. The molecular weight excluding hydrogens is 290 g/mol. The molecule has 0 unspecified atom stereocenters. The fourth-order valence-corrected chi connectivity index (χ4v) is 3.06. The van der Waals surface area contributed by atoms with Crippen LogP contribution >= 0.6 is 0 Å². The van der Waals surface area contributed by atoms with E-state index in [1.807, 2.05) is 30.3 Å². The molecule has 0 bridgehead atoms. The fraction of sp³-hybridized carbons (Fsp3) is 0.111. The Balaban J connectivity index is 1.93. The van der Waals surface area contributed by atoms with Gasteiger partial charge in [0.05, 0.1) is 22.0 Å². The molecule has 0 saturated carbocycles. The Hall–Kier alpha value is -3.08. The molecule has 1 aliphatic heterocycles. The quantitative estimate of drug-likeness (QED) is 0.644. The summed E-state index contributed by atoms with van der Waals surface area (Å²) in [5, 5.41) is 14.6. The number of benzene rings is 2. The second-order valence-electron chi connectivity index (χ2n) is 5.56. The standard InChI is InChI=1S/C18H15N3O2/c22-21(23)14-10-11-16-18(12-14)20(13-6-2-1-3-7-13)17-9-5-4-8-15(17)19-16/h1-3,5-7,9-12,19H,4,8H2. The van der Waals surface area contributed by atoms with E-state index in [2.05, 4.69) is 22.4 Å². The number of hydrogen-bond acceptors (Lipinski definition) is 4. The average Bonchev–Trinajstić information content (AvgIpc) is 2.59. The van der Waals surface area contributed by atoms with Crippen LogP contribution in [0.15, 0.2) is 72.1 Å². The van der Waals surface area contributed by atoms with Gasteiger partial charge in [-0.2, -0.15) is 0 Å². The summed E-state index contributed by atoms with van der Waals surface area (Å²) < 4.78 is 0. The van der Waals surface area contributed by atoms with Crippen molar-refractivity contribution >= 4 is 22.7 Å². The molecule has 0 spiro atoms. The third-order valence-corrected chi connectivity index (χ3v) is 4.12. The second kappa shape index (κ2) is 5.28. The van der Waals surface area contributed by atoms with Crippen molar-refractivity contribution in [2.75, 3.05) is 10.2 Å². The van der Waals surface area contributed by atoms with Gasteiger partial charge in [-0.25, -0.2) is 0 Å². The molecule has 0 atom stereocenters. The molecule has 0 fully saturated rings. The van der Waals surface area contributed by atoms with Crippen LogP contribution in [0, 0.1) is 10.1 Å². The van der Waals surface area contributed by atoms with Gasteiger partial charge in [-0.1, -0.05) is 24.3 Å². The Morgan fingerprint density at radius 2 is 1.96 bits per heavy atom. The van der Waals surface area contributed by atoms with Gasteiger partial charge in [-0.05, 0) is 37.1 Å². The summed E-state index contributed by atoms with van der Waals surface area (Å²) in [4.78, 5) is 12.9. The minimum Gasteiger partial charge on any atom is -0.355 e. The maximum Gasteiger partial charge on any atom is 0.271 e. The number of nitro groups is 1. The number of nitrogens with one attached hydrogen (secondary N) is 1. The zero-order valence-corrected chi connectivity index (χ0v) is 12.4. The lowest BCUT2D eigenvalue weighted by molar-refractivity contribution is -0.384. The van der Waals surface area contributed by atoms with Gasteiger partial charge in [0.2, 0.25) is 0 Å². The van der Waals surface area contributed by atoms with Crippen LogP contribution in [-0.2, 0) is 0 Å². The lowest BCUT2D eigenvalue weighted by Gasteiger charge is -2.36. The normalized spacial score (nSPS) is 15.7. The van der Waals surface area contributed by atoms with Crippen molar-refractivity contribution in [3.05, 3.63) is 82.2 Å². The number of nitrogens with zero attached hydrogens (tertiary/aromatic N) is 2. The molecule has 1 N–H and O–H groups in total. The van der Waals surface area contributed by atoms with Gasteiger partial charge in [0, 0.05) is 23.5 Å². The van der Waals surface area contributed by atoms with Crippen LogP contribution < -0.4 is 10.2 Å². The van der Waals surface area contributed by atoms with E-state index in [9.17, 15) is 10.1 Å². The lowest BCUT2D eigenvalue weighted by Crippen LogP contribution is -2.26. The number of allylic oxidation sites excluding steroid dienone is 3. The molecule has 0 aromatic heterocycles. The van der Waals surface area contributed by atoms with Crippen LogP contribution in [-0.4, -0.2) is 4.92 Å². The molecule has 114 valence electrons. The third-order valence-electron chi connectivity index (χ3n) is 4.12. The van der Waals surface area contributed by atoms with E-state index in [1.54, 1.807) is 18.2 Å². The molecule has 0 radical (unpaired) electrons. The number of rotatable bonds is 2. The first-order valence-electron chi connectivity index (χ1n) is 7.54. The molecule has 0 amide bonds. The monoisotopic (exact) mass is 305 g/mol. The summed E-state index contributed by atoms with van der Waals surface area (Å²) in [6, 6.07) is 14.9. The van der Waals surface area contributed by atoms with Crippen molar-refractivity contribution in [2.45, 2.75) is 12.8 Å². The van der Waals surface area contributed by atoms with Gasteiger partial charge in [0.1, 0.15) is 0 Å². The van der Waals surface area contributed by atoms with Crippen molar-refractivity contribution in [1.29, 1.82) is 0 Å². The van der Waals surface area contributed by atoms with Crippen LogP contribution in [0.3, 0.4) is 0 Å². The van der Waals surface area contributed by atoms with Crippen LogP contribution in [0.25, 0.3) is 0 Å². The SMILES string of the molecule is O=[N+]([O-])c1ccc2c(c1)N(c1ccccc1)C1=C(CCC=C1)N2. The predicted octanol–water partition coefficient (Wildman–Crippen LogP) is 4.72. The Labute approximate surface area is 133 Å². The van der Waals surface area contributed by atoms with Gasteiger partial charge in [0.25, 0.3) is 5.69 Å². The summed E-state index contributed by atoms with van der Waals surface area (Å²) in [5.74, 6) is 0. The van der Waals surface area contributed by atoms with Crippen LogP contribution in [0.2, 0.25) is 0 Å². The topological polar surface area (TPSA) is 58.4 Å². The van der Waals surface area contributed by atoms with E-state index in [0.717, 1.165) is 41.3 Å². The minimum atomic E-state index is -0.357. The highest BCUT2D eigenvalue weighted by molar-refractivity contribution is 5.86. The number of fused-ring (bicyclic) bond motifs is 1. The molecule has 2 aromatic rings.